The van der Waals surface area contributed by atoms with Crippen LogP contribution in [-0.4, -0.2) is 25.4 Å². The molecular weight excluding hydrogens is 214 g/mol. The molecule has 0 radical (unpaired) electrons. The van der Waals surface area contributed by atoms with Crippen molar-refractivity contribution < 1.29 is 0 Å². The number of aromatic nitrogens is 5. The van der Waals surface area contributed by atoms with E-state index in [-0.39, 0.29) is 0 Å². The van der Waals surface area contributed by atoms with Crippen LogP contribution in [0.4, 0.5) is 0 Å². The van der Waals surface area contributed by atoms with Gasteiger partial charge in [-0.15, -0.1) is 20.4 Å². The predicted octanol–water partition coefficient (Wildman–Crippen LogP) is 1.79. The zero-order valence-electron chi connectivity index (χ0n) is 9.20. The van der Waals surface area contributed by atoms with E-state index in [1.807, 2.05) is 30.3 Å². The van der Waals surface area contributed by atoms with E-state index >= 15 is 0 Å². The van der Waals surface area contributed by atoms with E-state index in [1.54, 1.807) is 13.1 Å². The summed E-state index contributed by atoms with van der Waals surface area (Å²) in [5, 5.41) is 16.8. The summed E-state index contributed by atoms with van der Waals surface area (Å²) in [5.74, 6) is 1.05. The molecule has 17 heavy (non-hydrogen) atoms. The molecular formula is C12H9N5. The van der Waals surface area contributed by atoms with Crippen molar-refractivity contribution in [2.75, 3.05) is 0 Å². The molecule has 2 aromatic heterocycles. The zero-order valence-corrected chi connectivity index (χ0v) is 9.20. The lowest BCUT2D eigenvalue weighted by molar-refractivity contribution is 0.816. The number of benzene rings is 1. The van der Waals surface area contributed by atoms with E-state index < -0.39 is 0 Å². The van der Waals surface area contributed by atoms with Gasteiger partial charge in [-0.05, 0) is 19.1 Å². The molecule has 82 valence electrons. The maximum Gasteiger partial charge on any atom is 0.205 e. The van der Waals surface area contributed by atoms with Crippen LogP contribution >= 0.6 is 0 Å². The van der Waals surface area contributed by atoms with Crippen molar-refractivity contribution in [2.45, 2.75) is 6.92 Å². The Labute approximate surface area is 97.6 Å². The Morgan fingerprint density at radius 3 is 2.53 bits per heavy atom. The van der Waals surface area contributed by atoms with Crippen molar-refractivity contribution in [1.29, 1.82) is 0 Å². The summed E-state index contributed by atoms with van der Waals surface area (Å²) in [6.45, 7) is 1.75. The van der Waals surface area contributed by atoms with Crippen molar-refractivity contribution in [3.63, 3.8) is 0 Å². The first kappa shape index (κ1) is 9.77. The molecule has 0 spiro atoms. The van der Waals surface area contributed by atoms with Crippen molar-refractivity contribution in [3.05, 3.63) is 42.4 Å². The number of hydrogen-bond acceptors (Lipinski definition) is 5. The van der Waals surface area contributed by atoms with Crippen LogP contribution in [0.2, 0.25) is 0 Å². The standard InChI is InChI=1S/C12H9N5/c1-8-14-16-12(17-15-8)10-6-9-4-2-3-5-11(9)13-7-10/h2-7H,1H3. The van der Waals surface area contributed by atoms with Gasteiger partial charge in [-0.1, -0.05) is 18.2 Å². The maximum atomic E-state index is 4.34. The van der Waals surface area contributed by atoms with Gasteiger partial charge in [0.05, 0.1) is 5.52 Å². The fourth-order valence-corrected chi connectivity index (χ4v) is 1.59. The highest BCUT2D eigenvalue weighted by Crippen LogP contribution is 2.18. The van der Waals surface area contributed by atoms with E-state index in [4.69, 9.17) is 0 Å². The third kappa shape index (κ3) is 1.82. The highest BCUT2D eigenvalue weighted by molar-refractivity contribution is 5.82. The van der Waals surface area contributed by atoms with Crippen LogP contribution in [-0.2, 0) is 0 Å². The van der Waals surface area contributed by atoms with Crippen molar-refractivity contribution in [2.24, 2.45) is 0 Å². The smallest absolute Gasteiger partial charge is 0.205 e. The van der Waals surface area contributed by atoms with Crippen LogP contribution < -0.4 is 0 Å². The van der Waals surface area contributed by atoms with Crippen molar-refractivity contribution in [1.82, 2.24) is 25.4 Å². The highest BCUT2D eigenvalue weighted by atomic mass is 15.3. The van der Waals surface area contributed by atoms with Gasteiger partial charge >= 0.3 is 0 Å². The SMILES string of the molecule is Cc1nnc(-c2cnc3ccccc3c2)nn1. The number of aryl methyl sites for hydroxylation is 1. The predicted molar refractivity (Wildman–Crippen MR) is 63.1 cm³/mol. The molecule has 0 amide bonds. The Bertz CT molecular complexity index is 663. The van der Waals surface area contributed by atoms with Gasteiger partial charge in [0.25, 0.3) is 0 Å². The van der Waals surface area contributed by atoms with E-state index in [1.165, 1.54) is 0 Å². The molecule has 0 atom stereocenters. The average molecular weight is 223 g/mol. The molecule has 0 unspecified atom stereocenters. The molecule has 0 saturated heterocycles. The van der Waals surface area contributed by atoms with E-state index in [0.717, 1.165) is 16.5 Å². The lowest BCUT2D eigenvalue weighted by Crippen LogP contribution is -1.98. The van der Waals surface area contributed by atoms with Crippen molar-refractivity contribution >= 4 is 10.9 Å². The molecule has 0 N–H and O–H groups in total. The zero-order chi connectivity index (χ0) is 11.7. The average Bonchev–Trinajstić information content (AvgIpc) is 2.39. The third-order valence-corrected chi connectivity index (χ3v) is 2.43. The molecule has 3 aromatic rings. The molecule has 3 rings (SSSR count). The lowest BCUT2D eigenvalue weighted by Gasteiger charge is -2.00. The molecule has 0 aliphatic carbocycles. The fourth-order valence-electron chi connectivity index (χ4n) is 1.59. The quantitative estimate of drug-likeness (QED) is 0.629. The third-order valence-electron chi connectivity index (χ3n) is 2.43. The Balaban J connectivity index is 2.14. The molecule has 5 heteroatoms. The van der Waals surface area contributed by atoms with Crippen LogP contribution in [0.25, 0.3) is 22.3 Å². The normalized spacial score (nSPS) is 10.6. The van der Waals surface area contributed by atoms with Gasteiger partial charge in [0, 0.05) is 17.1 Å². The monoisotopic (exact) mass is 223 g/mol. The second-order valence-corrected chi connectivity index (χ2v) is 3.69. The van der Waals surface area contributed by atoms with Crippen LogP contribution in [0, 0.1) is 6.92 Å². The minimum atomic E-state index is 0.494. The number of pyridine rings is 1. The van der Waals surface area contributed by atoms with Gasteiger partial charge in [-0.2, -0.15) is 0 Å². The summed E-state index contributed by atoms with van der Waals surface area (Å²) in [6, 6.07) is 9.88. The first-order valence-corrected chi connectivity index (χ1v) is 5.22. The Kier molecular flexibility index (Phi) is 2.22. The van der Waals surface area contributed by atoms with E-state index in [0.29, 0.717) is 11.6 Å². The van der Waals surface area contributed by atoms with Gasteiger partial charge in [-0.3, -0.25) is 4.98 Å². The minimum absolute atomic E-state index is 0.494. The van der Waals surface area contributed by atoms with Gasteiger partial charge in [-0.25, -0.2) is 0 Å². The van der Waals surface area contributed by atoms with Crippen molar-refractivity contribution in [3.8, 4) is 11.4 Å². The summed E-state index contributed by atoms with van der Waals surface area (Å²) in [7, 11) is 0. The number of nitrogens with zero attached hydrogens (tertiary/aromatic N) is 5. The minimum Gasteiger partial charge on any atom is -0.255 e. The molecule has 0 bridgehead atoms. The second-order valence-electron chi connectivity index (χ2n) is 3.69. The molecule has 5 nitrogen and oxygen atoms in total. The summed E-state index contributed by atoms with van der Waals surface area (Å²) in [4.78, 5) is 4.34. The summed E-state index contributed by atoms with van der Waals surface area (Å²) < 4.78 is 0. The van der Waals surface area contributed by atoms with Crippen LogP contribution in [0.1, 0.15) is 5.82 Å². The second kappa shape index (κ2) is 3.86. The Morgan fingerprint density at radius 1 is 0.941 bits per heavy atom. The van der Waals surface area contributed by atoms with Gasteiger partial charge in [0.2, 0.25) is 5.82 Å². The van der Waals surface area contributed by atoms with E-state index in [9.17, 15) is 0 Å². The van der Waals surface area contributed by atoms with Crippen LogP contribution in [0.15, 0.2) is 36.5 Å². The number of fused-ring (bicyclic) bond motifs is 1. The molecule has 0 aliphatic rings. The fraction of sp³-hybridized carbons (Fsp3) is 0.0833. The highest BCUT2D eigenvalue weighted by Gasteiger charge is 2.04. The first-order chi connectivity index (χ1) is 8.33. The molecule has 2 heterocycles. The van der Waals surface area contributed by atoms with Crippen LogP contribution in [0.5, 0.6) is 0 Å². The number of rotatable bonds is 1. The van der Waals surface area contributed by atoms with E-state index in [2.05, 4.69) is 25.4 Å². The van der Waals surface area contributed by atoms with Gasteiger partial charge in [0.1, 0.15) is 0 Å². The first-order valence-electron chi connectivity index (χ1n) is 5.22. The largest absolute Gasteiger partial charge is 0.255 e. The van der Waals surface area contributed by atoms with Gasteiger partial charge in [0.15, 0.2) is 5.82 Å². The van der Waals surface area contributed by atoms with Gasteiger partial charge < -0.3 is 0 Å². The Morgan fingerprint density at radius 2 is 1.71 bits per heavy atom. The molecule has 0 saturated carbocycles. The summed E-state index contributed by atoms with van der Waals surface area (Å²) >= 11 is 0. The molecule has 1 aromatic carbocycles. The topological polar surface area (TPSA) is 64.5 Å². The summed E-state index contributed by atoms with van der Waals surface area (Å²) in [6.07, 6.45) is 1.73. The van der Waals surface area contributed by atoms with Crippen LogP contribution in [0.3, 0.4) is 0 Å². The lowest BCUT2D eigenvalue weighted by atomic mass is 10.1. The molecule has 0 fully saturated rings. The Hall–Kier alpha value is -2.43. The maximum absolute atomic E-state index is 4.34. The number of hydrogen-bond donors (Lipinski definition) is 0. The number of para-hydroxylation sites is 1. The summed E-state index contributed by atoms with van der Waals surface area (Å²) in [5.41, 5.74) is 1.77. The molecule has 0 aliphatic heterocycles.